The molecule has 0 saturated heterocycles. The van der Waals surface area contributed by atoms with Crippen molar-refractivity contribution < 1.29 is 4.42 Å². The van der Waals surface area contributed by atoms with E-state index in [4.69, 9.17) is 4.42 Å². The van der Waals surface area contributed by atoms with Crippen LogP contribution in [0.15, 0.2) is 38.1 Å². The number of amidine groups is 1. The molecule has 20 heavy (non-hydrogen) atoms. The van der Waals surface area contributed by atoms with E-state index in [1.165, 1.54) is 26.4 Å². The van der Waals surface area contributed by atoms with Gasteiger partial charge in [-0.25, -0.2) is 0 Å². The number of hydrogen-bond donors (Lipinski definition) is 0. The number of rotatable bonds is 2. The summed E-state index contributed by atoms with van der Waals surface area (Å²) < 4.78 is 6.97. The fourth-order valence-corrected chi connectivity index (χ4v) is 4.60. The second-order valence-electron chi connectivity index (χ2n) is 4.89. The highest BCUT2D eigenvalue weighted by atomic mass is 32.2. The quantitative estimate of drug-likeness (QED) is 0.833. The van der Waals surface area contributed by atoms with Crippen LogP contribution in [-0.2, 0) is 0 Å². The van der Waals surface area contributed by atoms with Crippen LogP contribution < -0.4 is 0 Å². The van der Waals surface area contributed by atoms with Crippen LogP contribution in [0.2, 0.25) is 0 Å². The Morgan fingerprint density at radius 3 is 3.15 bits per heavy atom. The van der Waals surface area contributed by atoms with Gasteiger partial charge in [0.2, 0.25) is 0 Å². The molecule has 2 aliphatic heterocycles. The van der Waals surface area contributed by atoms with E-state index in [9.17, 15) is 0 Å². The Morgan fingerprint density at radius 2 is 2.30 bits per heavy atom. The first-order chi connectivity index (χ1) is 9.78. The molecule has 1 aromatic heterocycles. The van der Waals surface area contributed by atoms with Gasteiger partial charge < -0.3 is 9.32 Å². The first kappa shape index (κ1) is 12.4. The second kappa shape index (κ2) is 4.60. The van der Waals surface area contributed by atoms with Gasteiger partial charge in [0.15, 0.2) is 5.17 Å². The molecule has 0 radical (unpaired) electrons. The zero-order valence-electron chi connectivity index (χ0n) is 11.3. The van der Waals surface area contributed by atoms with Crippen LogP contribution in [0.3, 0.4) is 0 Å². The van der Waals surface area contributed by atoms with Crippen molar-refractivity contribution in [3.8, 4) is 0 Å². The Kier molecular flexibility index (Phi) is 2.86. The molecule has 2 aromatic rings. The summed E-state index contributed by atoms with van der Waals surface area (Å²) in [6.45, 7) is 3.96. The Hall–Kier alpha value is -1.33. The fourth-order valence-electron chi connectivity index (χ4n) is 2.68. The zero-order chi connectivity index (χ0) is 13.7. The summed E-state index contributed by atoms with van der Waals surface area (Å²) in [7, 11) is 0. The number of benzene rings is 1. The molecule has 3 nitrogen and oxygen atoms in total. The predicted octanol–water partition coefficient (Wildman–Crippen LogP) is 4.15. The molecule has 102 valence electrons. The Balaban J connectivity index is 1.86. The summed E-state index contributed by atoms with van der Waals surface area (Å²) in [5.74, 6) is 0. The molecule has 0 bridgehead atoms. The van der Waals surface area contributed by atoms with Gasteiger partial charge in [-0.05, 0) is 36.6 Å². The molecule has 5 heteroatoms. The van der Waals surface area contributed by atoms with E-state index in [1.54, 1.807) is 23.5 Å². The summed E-state index contributed by atoms with van der Waals surface area (Å²) in [5.41, 5.74) is 4.66. The normalized spacial score (nSPS) is 18.1. The Bertz CT molecular complexity index is 760. The standard InChI is InChI=1S/C15H14N2OS2/c1-9-8-18-12-7-10(3-4-11(9)12)13-14(19-2)20-15-16-5-6-17(13)15/h3-4,7-8H,5-6H2,1-2H3. The summed E-state index contributed by atoms with van der Waals surface area (Å²) in [6, 6.07) is 6.50. The maximum atomic E-state index is 5.64. The first-order valence-electron chi connectivity index (χ1n) is 6.54. The molecule has 0 aliphatic carbocycles. The number of furan rings is 1. The van der Waals surface area contributed by atoms with Crippen molar-refractivity contribution in [2.75, 3.05) is 19.3 Å². The van der Waals surface area contributed by atoms with Crippen molar-refractivity contribution in [1.82, 2.24) is 4.90 Å². The zero-order valence-corrected chi connectivity index (χ0v) is 13.0. The van der Waals surface area contributed by atoms with Crippen LogP contribution in [0.4, 0.5) is 0 Å². The topological polar surface area (TPSA) is 28.7 Å². The Morgan fingerprint density at radius 1 is 1.40 bits per heavy atom. The van der Waals surface area contributed by atoms with Gasteiger partial charge >= 0.3 is 0 Å². The maximum absolute atomic E-state index is 5.64. The van der Waals surface area contributed by atoms with E-state index < -0.39 is 0 Å². The first-order valence-corrected chi connectivity index (χ1v) is 8.58. The highest BCUT2D eigenvalue weighted by Gasteiger charge is 2.32. The largest absolute Gasteiger partial charge is 0.464 e. The molecule has 0 saturated carbocycles. The van der Waals surface area contributed by atoms with E-state index in [0.29, 0.717) is 0 Å². The number of fused-ring (bicyclic) bond motifs is 2. The van der Waals surface area contributed by atoms with Gasteiger partial charge in [-0.1, -0.05) is 12.1 Å². The molecular weight excluding hydrogens is 288 g/mol. The minimum Gasteiger partial charge on any atom is -0.464 e. The average molecular weight is 302 g/mol. The molecule has 4 rings (SSSR count). The van der Waals surface area contributed by atoms with Gasteiger partial charge in [0.05, 0.1) is 22.7 Å². The minimum absolute atomic E-state index is 0.898. The van der Waals surface area contributed by atoms with Gasteiger partial charge in [0.25, 0.3) is 0 Å². The molecule has 0 N–H and O–H groups in total. The third kappa shape index (κ3) is 1.73. The van der Waals surface area contributed by atoms with Crippen LogP contribution >= 0.6 is 23.5 Å². The van der Waals surface area contributed by atoms with E-state index in [-0.39, 0.29) is 0 Å². The molecule has 1 aromatic carbocycles. The van der Waals surface area contributed by atoms with Gasteiger partial charge in [-0.15, -0.1) is 11.8 Å². The van der Waals surface area contributed by atoms with Crippen molar-refractivity contribution in [2.45, 2.75) is 6.92 Å². The molecule has 2 aliphatic rings. The molecule has 0 unspecified atom stereocenters. The minimum atomic E-state index is 0.898. The van der Waals surface area contributed by atoms with Gasteiger partial charge in [0, 0.05) is 17.5 Å². The van der Waals surface area contributed by atoms with Crippen LogP contribution in [-0.4, -0.2) is 29.4 Å². The lowest BCUT2D eigenvalue weighted by Crippen LogP contribution is -2.19. The number of thioether (sulfide) groups is 2. The fraction of sp³-hybridized carbons (Fsp3) is 0.267. The Labute approximate surface area is 126 Å². The van der Waals surface area contributed by atoms with E-state index >= 15 is 0 Å². The van der Waals surface area contributed by atoms with E-state index in [1.807, 2.05) is 6.26 Å². The van der Waals surface area contributed by atoms with Gasteiger partial charge in [-0.2, -0.15) is 0 Å². The smallest absolute Gasteiger partial charge is 0.169 e. The average Bonchev–Trinajstić information content (AvgIpc) is 3.12. The third-order valence-electron chi connectivity index (χ3n) is 3.68. The molecular formula is C15H14N2OS2. The number of nitrogens with zero attached hydrogens (tertiary/aromatic N) is 2. The maximum Gasteiger partial charge on any atom is 0.169 e. The van der Waals surface area contributed by atoms with Crippen molar-refractivity contribution in [3.05, 3.63) is 39.8 Å². The number of aliphatic imine (C=N–C) groups is 1. The molecule has 0 fully saturated rings. The summed E-state index contributed by atoms with van der Waals surface area (Å²) in [4.78, 5) is 6.89. The monoisotopic (exact) mass is 302 g/mol. The lowest BCUT2D eigenvalue weighted by Gasteiger charge is -2.17. The number of hydrogen-bond acceptors (Lipinski definition) is 5. The van der Waals surface area contributed by atoms with Crippen LogP contribution in [0, 0.1) is 6.92 Å². The van der Waals surface area contributed by atoms with Crippen LogP contribution in [0.25, 0.3) is 16.7 Å². The van der Waals surface area contributed by atoms with Gasteiger partial charge in [0.1, 0.15) is 5.58 Å². The number of aryl methyl sites for hydroxylation is 1. The van der Waals surface area contributed by atoms with Crippen molar-refractivity contribution in [3.63, 3.8) is 0 Å². The molecule has 0 amide bonds. The highest BCUT2D eigenvalue weighted by Crippen LogP contribution is 2.46. The summed E-state index contributed by atoms with van der Waals surface area (Å²) in [6.07, 6.45) is 3.95. The highest BCUT2D eigenvalue weighted by molar-refractivity contribution is 8.30. The summed E-state index contributed by atoms with van der Waals surface area (Å²) >= 11 is 3.57. The lowest BCUT2D eigenvalue weighted by atomic mass is 10.1. The van der Waals surface area contributed by atoms with E-state index in [0.717, 1.165) is 23.8 Å². The van der Waals surface area contributed by atoms with Crippen molar-refractivity contribution in [1.29, 1.82) is 0 Å². The molecule has 0 atom stereocenters. The molecule has 3 heterocycles. The third-order valence-corrected chi connectivity index (χ3v) is 5.90. The van der Waals surface area contributed by atoms with Crippen molar-refractivity contribution in [2.24, 2.45) is 4.99 Å². The van der Waals surface area contributed by atoms with Gasteiger partial charge in [-0.3, -0.25) is 4.99 Å². The van der Waals surface area contributed by atoms with Crippen LogP contribution in [0.5, 0.6) is 0 Å². The van der Waals surface area contributed by atoms with Crippen molar-refractivity contribution >= 4 is 45.4 Å². The lowest BCUT2D eigenvalue weighted by molar-refractivity contribution is 0.612. The summed E-state index contributed by atoms with van der Waals surface area (Å²) in [5, 5.41) is 2.33. The van der Waals surface area contributed by atoms with E-state index in [2.05, 4.69) is 41.3 Å². The SMILES string of the molecule is CSC1=C(c2ccc3c(C)coc3c2)N2CCN=C2S1. The second-order valence-corrected chi connectivity index (χ2v) is 6.94. The predicted molar refractivity (Wildman–Crippen MR) is 88.0 cm³/mol. The van der Waals surface area contributed by atoms with Crippen LogP contribution in [0.1, 0.15) is 11.1 Å². The molecule has 0 spiro atoms.